The Morgan fingerprint density at radius 1 is 0.923 bits per heavy atom. The maximum absolute atomic E-state index is 13.9. The van der Waals surface area contributed by atoms with Crippen LogP contribution in [-0.4, -0.2) is 50.9 Å². The molecule has 3 aromatic rings. The third-order valence-corrected chi connectivity index (χ3v) is 8.82. The molecule has 3 aromatic carbocycles. The first-order chi connectivity index (χ1) is 18.8. The molecule has 0 saturated heterocycles. The van der Waals surface area contributed by atoms with Crippen molar-refractivity contribution in [1.82, 2.24) is 10.2 Å². The van der Waals surface area contributed by atoms with E-state index in [0.29, 0.717) is 11.4 Å². The number of ether oxygens (including phenoxy) is 1. The Morgan fingerprint density at radius 2 is 1.51 bits per heavy atom. The second-order valence-corrected chi connectivity index (χ2v) is 11.6. The average Bonchev–Trinajstić information content (AvgIpc) is 3.48. The first-order valence-corrected chi connectivity index (χ1v) is 14.6. The van der Waals surface area contributed by atoms with Crippen LogP contribution in [0.1, 0.15) is 38.2 Å². The molecular formula is C30H35N3O5S. The number of sulfonamides is 1. The van der Waals surface area contributed by atoms with Crippen molar-refractivity contribution in [1.29, 1.82) is 0 Å². The van der Waals surface area contributed by atoms with Crippen LogP contribution in [-0.2, 0) is 26.2 Å². The van der Waals surface area contributed by atoms with Crippen molar-refractivity contribution in [2.45, 2.75) is 56.1 Å². The fourth-order valence-corrected chi connectivity index (χ4v) is 6.18. The number of methoxy groups -OCH3 is 1. The van der Waals surface area contributed by atoms with Crippen molar-refractivity contribution in [3.05, 3.63) is 90.5 Å². The van der Waals surface area contributed by atoms with Crippen LogP contribution in [0.3, 0.4) is 0 Å². The minimum absolute atomic E-state index is 0.0791. The minimum atomic E-state index is -4.06. The Hall–Kier alpha value is -3.85. The number of hydrogen-bond donors (Lipinski definition) is 1. The lowest BCUT2D eigenvalue weighted by Gasteiger charge is -2.32. The van der Waals surface area contributed by atoms with Gasteiger partial charge in [-0.1, -0.05) is 61.4 Å². The molecule has 0 bridgehead atoms. The quantitative estimate of drug-likeness (QED) is 0.383. The predicted octanol–water partition coefficient (Wildman–Crippen LogP) is 4.37. The lowest BCUT2D eigenvalue weighted by atomic mass is 10.1. The van der Waals surface area contributed by atoms with E-state index in [1.54, 1.807) is 74.7 Å². The Labute approximate surface area is 230 Å². The zero-order valence-corrected chi connectivity index (χ0v) is 23.1. The summed E-state index contributed by atoms with van der Waals surface area (Å²) in [4.78, 5) is 28.7. The molecule has 1 aliphatic carbocycles. The second-order valence-electron chi connectivity index (χ2n) is 9.70. The molecule has 1 fully saturated rings. The zero-order valence-electron chi connectivity index (χ0n) is 22.3. The summed E-state index contributed by atoms with van der Waals surface area (Å²) < 4.78 is 33.8. The number of rotatable bonds is 11. The van der Waals surface area contributed by atoms with Crippen LogP contribution >= 0.6 is 0 Å². The summed E-state index contributed by atoms with van der Waals surface area (Å²) in [5, 5.41) is 3.07. The van der Waals surface area contributed by atoms with Crippen LogP contribution in [0.2, 0.25) is 0 Å². The smallest absolute Gasteiger partial charge is 0.264 e. The molecule has 1 atom stereocenters. The molecule has 0 aliphatic heterocycles. The highest BCUT2D eigenvalue weighted by molar-refractivity contribution is 7.92. The van der Waals surface area contributed by atoms with E-state index in [1.807, 2.05) is 12.1 Å². The lowest BCUT2D eigenvalue weighted by molar-refractivity contribution is -0.139. The van der Waals surface area contributed by atoms with Crippen LogP contribution in [0.4, 0.5) is 5.69 Å². The largest absolute Gasteiger partial charge is 0.497 e. The molecule has 1 aliphatic rings. The van der Waals surface area contributed by atoms with Gasteiger partial charge in [0.2, 0.25) is 11.8 Å². The molecular weight excluding hydrogens is 514 g/mol. The summed E-state index contributed by atoms with van der Waals surface area (Å²) in [5.41, 5.74) is 1.16. The third kappa shape index (κ3) is 6.97. The van der Waals surface area contributed by atoms with Crippen molar-refractivity contribution in [2.75, 3.05) is 18.0 Å². The normalized spacial score (nSPS) is 14.4. The Kier molecular flexibility index (Phi) is 9.24. The molecule has 0 radical (unpaired) electrons. The van der Waals surface area contributed by atoms with Gasteiger partial charge in [0.05, 0.1) is 17.7 Å². The van der Waals surface area contributed by atoms with Crippen molar-refractivity contribution >= 4 is 27.5 Å². The maximum atomic E-state index is 13.9. The van der Waals surface area contributed by atoms with Crippen LogP contribution in [0, 0.1) is 0 Å². The summed E-state index contributed by atoms with van der Waals surface area (Å²) in [6.07, 6.45) is 3.97. The van der Waals surface area contributed by atoms with Gasteiger partial charge < -0.3 is 15.0 Å². The molecule has 8 nitrogen and oxygen atoms in total. The second kappa shape index (κ2) is 12.8. The van der Waals surface area contributed by atoms with Crippen molar-refractivity contribution in [3.8, 4) is 5.75 Å². The topological polar surface area (TPSA) is 96.0 Å². The average molecular weight is 550 g/mol. The molecule has 0 heterocycles. The predicted molar refractivity (Wildman–Crippen MR) is 151 cm³/mol. The molecule has 0 aromatic heterocycles. The number of hydrogen-bond acceptors (Lipinski definition) is 5. The molecule has 0 unspecified atom stereocenters. The van der Waals surface area contributed by atoms with Gasteiger partial charge in [0.15, 0.2) is 0 Å². The monoisotopic (exact) mass is 549 g/mol. The van der Waals surface area contributed by atoms with E-state index in [0.717, 1.165) is 35.6 Å². The Balaban J connectivity index is 1.65. The van der Waals surface area contributed by atoms with Gasteiger partial charge in [0.1, 0.15) is 18.3 Å². The highest BCUT2D eigenvalue weighted by Crippen LogP contribution is 2.25. The fourth-order valence-electron chi connectivity index (χ4n) is 4.74. The van der Waals surface area contributed by atoms with E-state index in [-0.39, 0.29) is 23.4 Å². The van der Waals surface area contributed by atoms with E-state index in [1.165, 1.54) is 17.0 Å². The van der Waals surface area contributed by atoms with Crippen LogP contribution in [0.15, 0.2) is 89.8 Å². The lowest BCUT2D eigenvalue weighted by Crippen LogP contribution is -2.52. The van der Waals surface area contributed by atoms with Gasteiger partial charge in [-0.15, -0.1) is 0 Å². The van der Waals surface area contributed by atoms with E-state index in [9.17, 15) is 18.0 Å². The highest BCUT2D eigenvalue weighted by atomic mass is 32.2. The van der Waals surface area contributed by atoms with Crippen LogP contribution < -0.4 is 14.4 Å². The number of anilines is 1. The zero-order chi connectivity index (χ0) is 27.8. The number of amides is 2. The number of para-hydroxylation sites is 1. The summed E-state index contributed by atoms with van der Waals surface area (Å²) in [6, 6.07) is 23.1. The van der Waals surface area contributed by atoms with Crippen LogP contribution in [0.5, 0.6) is 5.75 Å². The van der Waals surface area contributed by atoms with Gasteiger partial charge in [-0.2, -0.15) is 0 Å². The van der Waals surface area contributed by atoms with Gasteiger partial charge in [-0.05, 0) is 61.7 Å². The Morgan fingerprint density at radius 3 is 2.10 bits per heavy atom. The fraction of sp³-hybridized carbons (Fsp3) is 0.333. The van der Waals surface area contributed by atoms with E-state index >= 15 is 0 Å². The van der Waals surface area contributed by atoms with Crippen molar-refractivity contribution < 1.29 is 22.7 Å². The third-order valence-electron chi connectivity index (χ3n) is 7.04. The van der Waals surface area contributed by atoms with E-state index in [4.69, 9.17) is 4.74 Å². The molecule has 206 valence electrons. The number of nitrogens with one attached hydrogen (secondary N) is 1. The summed E-state index contributed by atoms with van der Waals surface area (Å²) in [5.74, 6) is -0.0583. The van der Waals surface area contributed by atoms with Crippen molar-refractivity contribution in [3.63, 3.8) is 0 Å². The molecule has 39 heavy (non-hydrogen) atoms. The van der Waals surface area contributed by atoms with Crippen molar-refractivity contribution in [2.24, 2.45) is 0 Å². The van der Waals surface area contributed by atoms with E-state index < -0.39 is 28.5 Å². The van der Waals surface area contributed by atoms with Gasteiger partial charge >= 0.3 is 0 Å². The van der Waals surface area contributed by atoms with Gasteiger partial charge in [-0.25, -0.2) is 8.42 Å². The van der Waals surface area contributed by atoms with Gasteiger partial charge in [-0.3, -0.25) is 13.9 Å². The first-order valence-electron chi connectivity index (χ1n) is 13.1. The summed E-state index contributed by atoms with van der Waals surface area (Å²) in [6.45, 7) is 1.36. The molecule has 2 amide bonds. The molecule has 9 heteroatoms. The molecule has 1 saturated carbocycles. The van der Waals surface area contributed by atoms with E-state index in [2.05, 4.69) is 5.32 Å². The SMILES string of the molecule is COc1ccc(CN(C(=O)CN(c2ccccc2)S(=O)(=O)c2ccccc2)[C@@H](C)C(=O)NC2CCCC2)cc1. The number of carbonyl (C=O) groups excluding carboxylic acids is 2. The number of nitrogens with zero attached hydrogens (tertiary/aromatic N) is 2. The van der Waals surface area contributed by atoms with Gasteiger partial charge in [0, 0.05) is 12.6 Å². The number of carbonyl (C=O) groups is 2. The molecule has 1 N–H and O–H groups in total. The first kappa shape index (κ1) is 28.2. The minimum Gasteiger partial charge on any atom is -0.497 e. The maximum Gasteiger partial charge on any atom is 0.264 e. The molecule has 0 spiro atoms. The summed E-state index contributed by atoms with van der Waals surface area (Å²) in [7, 11) is -2.49. The van der Waals surface area contributed by atoms with Gasteiger partial charge in [0.25, 0.3) is 10.0 Å². The Bertz CT molecular complexity index is 1340. The van der Waals surface area contributed by atoms with Crippen LogP contribution in [0.25, 0.3) is 0 Å². The number of benzene rings is 3. The summed E-state index contributed by atoms with van der Waals surface area (Å²) >= 11 is 0. The standard InChI is InChI=1S/C30H35N3O5S/c1-23(30(35)31-25-11-9-10-12-25)32(21-24-17-19-27(38-2)20-18-24)29(34)22-33(26-13-5-3-6-14-26)39(36,37)28-15-7-4-8-16-28/h3-8,13-20,23,25H,9-12,21-22H2,1-2H3,(H,31,35)/t23-/m0/s1. The molecule has 4 rings (SSSR count). The highest BCUT2D eigenvalue weighted by Gasteiger charge is 2.33.